The molecule has 0 aliphatic rings. The molecule has 0 fully saturated rings. The van der Waals surface area contributed by atoms with Crippen LogP contribution in [0.25, 0.3) is 109 Å². The smallest absolute Gasteiger partial charge is 0.165 e. The summed E-state index contributed by atoms with van der Waals surface area (Å²) in [7, 11) is 0. The highest BCUT2D eigenvalue weighted by molar-refractivity contribution is 7.26. The Morgan fingerprint density at radius 1 is 0.440 bits per heavy atom. The average Bonchev–Trinajstić information content (AvgIpc) is 3.84. The maximum atomic E-state index is 7.10. The molecule has 11 aromatic rings. The zero-order chi connectivity index (χ0) is 32.9. The minimum atomic E-state index is 0.492. The van der Waals surface area contributed by atoms with Gasteiger partial charge in [0, 0.05) is 58.4 Å². The largest absolute Gasteiger partial charge is 0.456 e. The molecule has 4 heterocycles. The van der Waals surface area contributed by atoms with Crippen LogP contribution >= 0.6 is 22.9 Å². The van der Waals surface area contributed by atoms with Crippen molar-refractivity contribution in [2.45, 2.75) is 0 Å². The van der Waals surface area contributed by atoms with Crippen LogP contribution in [0.1, 0.15) is 0 Å². The molecule has 0 saturated heterocycles. The number of halogens is 1. The molecule has 0 N–H and O–H groups in total. The number of hydrogen-bond donors (Lipinski definition) is 0. The number of aromatic nitrogens is 3. The molecule has 5 nitrogen and oxygen atoms in total. The van der Waals surface area contributed by atoms with E-state index < -0.39 is 0 Å². The van der Waals surface area contributed by atoms with Crippen molar-refractivity contribution < 1.29 is 8.83 Å². The Bertz CT molecular complexity index is 3060. The van der Waals surface area contributed by atoms with Crippen LogP contribution in [-0.4, -0.2) is 15.0 Å². The van der Waals surface area contributed by atoms with Gasteiger partial charge in [0.2, 0.25) is 0 Å². The van der Waals surface area contributed by atoms with E-state index in [1.54, 1.807) is 11.3 Å². The predicted molar refractivity (Wildman–Crippen MR) is 206 cm³/mol. The Morgan fingerprint density at radius 3 is 1.64 bits per heavy atom. The highest BCUT2D eigenvalue weighted by Gasteiger charge is 2.19. The van der Waals surface area contributed by atoms with E-state index in [4.69, 9.17) is 35.4 Å². The second-order valence-electron chi connectivity index (χ2n) is 12.5. The molecule has 0 aliphatic heterocycles. The molecule has 0 unspecified atom stereocenters. The summed E-state index contributed by atoms with van der Waals surface area (Å²) < 4.78 is 14.8. The number of fused-ring (bicyclic) bond motifs is 11. The van der Waals surface area contributed by atoms with Gasteiger partial charge in [-0.2, -0.15) is 0 Å². The van der Waals surface area contributed by atoms with Crippen molar-refractivity contribution >= 4 is 97.8 Å². The SMILES string of the molecule is Clc1cc2sc3c4ccccc4ccc3c2cc1-c1nc(-c2ccc3c(c2)oc2ccccc23)nc(-c2ccc3c(c2)oc2ccccc23)n1. The minimum Gasteiger partial charge on any atom is -0.456 e. The average molecular weight is 680 g/mol. The van der Waals surface area contributed by atoms with Crippen LogP contribution in [0.5, 0.6) is 0 Å². The summed E-state index contributed by atoms with van der Waals surface area (Å²) in [5.41, 5.74) is 5.59. The van der Waals surface area contributed by atoms with Crippen molar-refractivity contribution in [3.63, 3.8) is 0 Å². The number of thiophene rings is 1. The van der Waals surface area contributed by atoms with Crippen LogP contribution in [0.3, 0.4) is 0 Å². The lowest BCUT2D eigenvalue weighted by molar-refractivity contribution is 0.668. The molecule has 0 spiro atoms. The van der Waals surface area contributed by atoms with Gasteiger partial charge in [0.05, 0.1) is 5.02 Å². The van der Waals surface area contributed by atoms with Crippen molar-refractivity contribution in [1.29, 1.82) is 0 Å². The van der Waals surface area contributed by atoms with Crippen molar-refractivity contribution in [1.82, 2.24) is 15.0 Å². The first-order valence-corrected chi connectivity index (χ1v) is 17.5. The van der Waals surface area contributed by atoms with Gasteiger partial charge in [-0.05, 0) is 59.3 Å². The van der Waals surface area contributed by atoms with Crippen molar-refractivity contribution in [3.05, 3.63) is 138 Å². The van der Waals surface area contributed by atoms with Gasteiger partial charge in [-0.15, -0.1) is 11.3 Å². The molecule has 4 aromatic heterocycles. The third kappa shape index (κ3) is 4.16. The van der Waals surface area contributed by atoms with Gasteiger partial charge in [-0.3, -0.25) is 0 Å². The summed E-state index contributed by atoms with van der Waals surface area (Å²) in [5.74, 6) is 1.54. The Labute approximate surface area is 293 Å². The number of benzene rings is 7. The second kappa shape index (κ2) is 10.5. The number of para-hydroxylation sites is 2. The van der Waals surface area contributed by atoms with E-state index >= 15 is 0 Å². The van der Waals surface area contributed by atoms with Crippen LogP contribution in [0.4, 0.5) is 0 Å². The molecule has 0 saturated carbocycles. The quantitative estimate of drug-likeness (QED) is 0.186. The van der Waals surface area contributed by atoms with Crippen LogP contribution in [-0.2, 0) is 0 Å². The van der Waals surface area contributed by atoms with Gasteiger partial charge in [0.25, 0.3) is 0 Å². The van der Waals surface area contributed by atoms with Gasteiger partial charge in [-0.25, -0.2) is 15.0 Å². The van der Waals surface area contributed by atoms with Crippen molar-refractivity contribution in [3.8, 4) is 34.2 Å². The Balaban J connectivity index is 1.14. The maximum Gasteiger partial charge on any atom is 0.165 e. The molecule has 7 aromatic carbocycles. The monoisotopic (exact) mass is 679 g/mol. The zero-order valence-corrected chi connectivity index (χ0v) is 27.7. The fourth-order valence-corrected chi connectivity index (χ4v) is 8.75. The summed E-state index contributed by atoms with van der Waals surface area (Å²) in [4.78, 5) is 15.2. The molecule has 0 radical (unpaired) electrons. The third-order valence-corrected chi connectivity index (χ3v) is 11.1. The predicted octanol–water partition coefficient (Wildman–Crippen LogP) is 12.8. The fourth-order valence-electron chi connectivity index (χ4n) is 7.18. The van der Waals surface area contributed by atoms with E-state index in [1.807, 2.05) is 66.7 Å². The Kier molecular flexibility index (Phi) is 5.82. The van der Waals surface area contributed by atoms with Crippen LogP contribution < -0.4 is 0 Å². The van der Waals surface area contributed by atoms with Crippen LogP contribution in [0, 0.1) is 0 Å². The summed E-state index contributed by atoms with van der Waals surface area (Å²) in [6.07, 6.45) is 0. The van der Waals surface area contributed by atoms with Crippen molar-refractivity contribution in [2.24, 2.45) is 0 Å². The molecule has 7 heteroatoms. The summed E-state index contributed by atoms with van der Waals surface area (Å²) in [6, 6.07) is 45.4. The van der Waals surface area contributed by atoms with E-state index in [-0.39, 0.29) is 0 Å². The zero-order valence-electron chi connectivity index (χ0n) is 26.1. The normalized spacial score (nSPS) is 12.1. The van der Waals surface area contributed by atoms with E-state index in [1.165, 1.54) is 20.9 Å². The van der Waals surface area contributed by atoms with Gasteiger partial charge in [-0.1, -0.05) is 96.5 Å². The Morgan fingerprint density at radius 2 is 0.980 bits per heavy atom. The van der Waals surface area contributed by atoms with Gasteiger partial charge < -0.3 is 8.83 Å². The number of hydrogen-bond acceptors (Lipinski definition) is 6. The topological polar surface area (TPSA) is 65.0 Å². The van der Waals surface area contributed by atoms with E-state index in [0.29, 0.717) is 22.5 Å². The number of rotatable bonds is 3. The lowest BCUT2D eigenvalue weighted by Crippen LogP contribution is -2.00. The second-order valence-corrected chi connectivity index (χ2v) is 14.0. The third-order valence-electron chi connectivity index (χ3n) is 9.60. The first-order valence-electron chi connectivity index (χ1n) is 16.3. The lowest BCUT2D eigenvalue weighted by atomic mass is 10.0. The highest BCUT2D eigenvalue weighted by Crippen LogP contribution is 2.43. The molecule has 11 rings (SSSR count). The first kappa shape index (κ1) is 27.8. The van der Waals surface area contributed by atoms with Gasteiger partial charge in [0.15, 0.2) is 17.5 Å². The summed E-state index contributed by atoms with van der Waals surface area (Å²) >= 11 is 8.86. The highest BCUT2D eigenvalue weighted by atomic mass is 35.5. The number of furan rings is 2. The summed E-state index contributed by atoms with van der Waals surface area (Å²) in [6.45, 7) is 0. The molecule has 0 amide bonds. The van der Waals surface area contributed by atoms with E-state index in [9.17, 15) is 0 Å². The standard InChI is InChI=1S/C43H22ClN3O2S/c44-34-22-39-32(31-18-13-23-7-1-2-8-26(23)40(31)50-39)21-33(34)43-46-41(24-14-16-29-27-9-3-5-11-35(27)48-37(29)19-24)45-42(47-43)25-15-17-30-28-10-4-6-12-36(28)49-38(30)20-25/h1-22H. The molecule has 0 aliphatic carbocycles. The van der Waals surface area contributed by atoms with Crippen LogP contribution in [0.2, 0.25) is 5.02 Å². The molecular formula is C43H22ClN3O2S. The molecule has 234 valence electrons. The molecule has 0 bridgehead atoms. The minimum absolute atomic E-state index is 0.492. The fraction of sp³-hybridized carbons (Fsp3) is 0. The molecular weight excluding hydrogens is 658 g/mol. The number of nitrogens with zero attached hydrogens (tertiary/aromatic N) is 3. The van der Waals surface area contributed by atoms with Crippen LogP contribution in [0.15, 0.2) is 142 Å². The summed E-state index contributed by atoms with van der Waals surface area (Å²) in [5, 5.41) is 9.55. The van der Waals surface area contributed by atoms with E-state index in [2.05, 4.69) is 66.7 Å². The first-order chi connectivity index (χ1) is 24.6. The van der Waals surface area contributed by atoms with E-state index in [0.717, 1.165) is 70.7 Å². The molecule has 0 atom stereocenters. The Hall–Kier alpha value is -6.08. The van der Waals surface area contributed by atoms with Gasteiger partial charge >= 0.3 is 0 Å². The molecule has 50 heavy (non-hydrogen) atoms. The lowest BCUT2D eigenvalue weighted by Gasteiger charge is -2.10. The van der Waals surface area contributed by atoms with Gasteiger partial charge in [0.1, 0.15) is 22.3 Å². The van der Waals surface area contributed by atoms with Crippen molar-refractivity contribution in [2.75, 3.05) is 0 Å². The maximum absolute atomic E-state index is 7.10.